The number of ether oxygens (including phenoxy) is 2. The molecule has 0 unspecified atom stereocenters. The maximum absolute atomic E-state index is 10.7. The van der Waals surface area contributed by atoms with Gasteiger partial charge in [0, 0.05) is 24.2 Å². The van der Waals surface area contributed by atoms with Crippen molar-refractivity contribution >= 4 is 5.97 Å². The highest BCUT2D eigenvalue weighted by atomic mass is 16.5. The molecule has 0 radical (unpaired) electrons. The van der Waals surface area contributed by atoms with Crippen molar-refractivity contribution in [2.75, 3.05) is 6.61 Å². The summed E-state index contributed by atoms with van der Waals surface area (Å²) in [6.45, 7) is 7.99. The quantitative estimate of drug-likeness (QED) is 0.734. The molecule has 1 aromatic heterocycles. The summed E-state index contributed by atoms with van der Waals surface area (Å²) >= 11 is 0. The van der Waals surface area contributed by atoms with Gasteiger partial charge in [0.2, 0.25) is 0 Å². The van der Waals surface area contributed by atoms with Crippen LogP contribution in [0.4, 0.5) is 0 Å². The van der Waals surface area contributed by atoms with Gasteiger partial charge >= 0.3 is 5.97 Å². The molecular formula is C12H17NO3. The third-order valence-corrected chi connectivity index (χ3v) is 2.25. The smallest absolute Gasteiger partial charge is 0.303 e. The number of esters is 1. The van der Waals surface area contributed by atoms with Crippen LogP contribution < -0.4 is 4.74 Å². The van der Waals surface area contributed by atoms with Crippen LogP contribution in [0.1, 0.15) is 30.7 Å². The third-order valence-electron chi connectivity index (χ3n) is 2.25. The number of rotatable bonds is 4. The van der Waals surface area contributed by atoms with Crippen molar-refractivity contribution in [2.45, 2.75) is 34.3 Å². The van der Waals surface area contributed by atoms with E-state index in [2.05, 4.69) is 4.98 Å². The number of aryl methyl sites for hydroxylation is 1. The Kier molecular flexibility index (Phi) is 4.28. The average Bonchev–Trinajstić information content (AvgIpc) is 2.23. The molecule has 0 atom stereocenters. The normalized spacial score (nSPS) is 10.0. The molecule has 0 aliphatic carbocycles. The Bertz CT molecular complexity index is 388. The van der Waals surface area contributed by atoms with Gasteiger partial charge in [0.25, 0.3) is 0 Å². The van der Waals surface area contributed by atoms with Crippen LogP contribution in [0.25, 0.3) is 0 Å². The van der Waals surface area contributed by atoms with Gasteiger partial charge < -0.3 is 9.47 Å². The van der Waals surface area contributed by atoms with Crippen LogP contribution >= 0.6 is 0 Å². The molecule has 0 amide bonds. The van der Waals surface area contributed by atoms with E-state index in [0.717, 1.165) is 22.6 Å². The van der Waals surface area contributed by atoms with E-state index in [1.807, 2.05) is 20.8 Å². The SMILES string of the molecule is CCOc1c(C)cnc(COC(C)=O)c1C. The second-order valence-corrected chi connectivity index (χ2v) is 3.56. The molecule has 1 aromatic rings. The molecule has 88 valence electrons. The zero-order chi connectivity index (χ0) is 12.1. The number of pyridine rings is 1. The maximum Gasteiger partial charge on any atom is 0.303 e. The summed E-state index contributed by atoms with van der Waals surface area (Å²) in [4.78, 5) is 15.0. The van der Waals surface area contributed by atoms with Crippen molar-refractivity contribution in [1.29, 1.82) is 0 Å². The molecule has 1 heterocycles. The van der Waals surface area contributed by atoms with Gasteiger partial charge in [-0.25, -0.2) is 0 Å². The number of hydrogen-bond acceptors (Lipinski definition) is 4. The van der Waals surface area contributed by atoms with E-state index < -0.39 is 0 Å². The van der Waals surface area contributed by atoms with Gasteiger partial charge in [-0.3, -0.25) is 9.78 Å². The van der Waals surface area contributed by atoms with Crippen molar-refractivity contribution in [2.24, 2.45) is 0 Å². The van der Waals surface area contributed by atoms with E-state index in [4.69, 9.17) is 9.47 Å². The van der Waals surface area contributed by atoms with Crippen molar-refractivity contribution in [3.05, 3.63) is 23.0 Å². The number of nitrogens with zero attached hydrogens (tertiary/aromatic N) is 1. The first-order valence-electron chi connectivity index (χ1n) is 5.27. The number of hydrogen-bond donors (Lipinski definition) is 0. The fraction of sp³-hybridized carbons (Fsp3) is 0.500. The zero-order valence-electron chi connectivity index (χ0n) is 10.2. The first kappa shape index (κ1) is 12.5. The second kappa shape index (κ2) is 5.49. The Morgan fingerprint density at radius 1 is 1.44 bits per heavy atom. The Morgan fingerprint density at radius 2 is 2.12 bits per heavy atom. The molecular weight excluding hydrogens is 206 g/mol. The van der Waals surface area contributed by atoms with Crippen LogP contribution in [-0.4, -0.2) is 17.6 Å². The Hall–Kier alpha value is -1.58. The topological polar surface area (TPSA) is 48.4 Å². The predicted molar refractivity (Wildman–Crippen MR) is 60.4 cm³/mol. The van der Waals surface area contributed by atoms with Gasteiger partial charge in [-0.05, 0) is 20.8 Å². The number of carbonyl (C=O) groups is 1. The molecule has 0 saturated heterocycles. The first-order valence-corrected chi connectivity index (χ1v) is 5.27. The standard InChI is InChI=1S/C12H17NO3/c1-5-15-12-8(2)6-13-11(9(12)3)7-16-10(4)14/h6H,5,7H2,1-4H3. The summed E-state index contributed by atoms with van der Waals surface area (Å²) in [5, 5.41) is 0. The Balaban J connectivity index is 2.94. The number of aromatic nitrogens is 1. The summed E-state index contributed by atoms with van der Waals surface area (Å²) in [5.74, 6) is 0.527. The van der Waals surface area contributed by atoms with Gasteiger partial charge in [-0.2, -0.15) is 0 Å². The summed E-state index contributed by atoms with van der Waals surface area (Å²) in [5.41, 5.74) is 2.67. The Morgan fingerprint density at radius 3 is 2.69 bits per heavy atom. The molecule has 0 aliphatic heterocycles. The summed E-state index contributed by atoms with van der Waals surface area (Å²) in [7, 11) is 0. The minimum absolute atomic E-state index is 0.196. The van der Waals surface area contributed by atoms with Crippen LogP contribution in [0.3, 0.4) is 0 Å². The highest BCUT2D eigenvalue weighted by Crippen LogP contribution is 2.24. The van der Waals surface area contributed by atoms with Crippen LogP contribution in [0.15, 0.2) is 6.20 Å². The van der Waals surface area contributed by atoms with E-state index in [-0.39, 0.29) is 12.6 Å². The van der Waals surface area contributed by atoms with Crippen LogP contribution in [0.5, 0.6) is 5.75 Å². The van der Waals surface area contributed by atoms with Crippen molar-refractivity contribution in [3.8, 4) is 5.75 Å². The van der Waals surface area contributed by atoms with Crippen LogP contribution in [0, 0.1) is 13.8 Å². The second-order valence-electron chi connectivity index (χ2n) is 3.56. The fourth-order valence-corrected chi connectivity index (χ4v) is 1.44. The lowest BCUT2D eigenvalue weighted by molar-refractivity contribution is -0.142. The Labute approximate surface area is 95.6 Å². The van der Waals surface area contributed by atoms with E-state index in [0.29, 0.717) is 6.61 Å². The molecule has 0 aliphatic rings. The van der Waals surface area contributed by atoms with E-state index >= 15 is 0 Å². The van der Waals surface area contributed by atoms with E-state index in [1.165, 1.54) is 6.92 Å². The highest BCUT2D eigenvalue weighted by molar-refractivity contribution is 5.65. The molecule has 0 spiro atoms. The highest BCUT2D eigenvalue weighted by Gasteiger charge is 2.10. The summed E-state index contributed by atoms with van der Waals surface area (Å²) in [6.07, 6.45) is 1.73. The van der Waals surface area contributed by atoms with E-state index in [9.17, 15) is 4.79 Å². The molecule has 0 aromatic carbocycles. The minimum Gasteiger partial charge on any atom is -0.493 e. The lowest BCUT2D eigenvalue weighted by Gasteiger charge is -2.13. The van der Waals surface area contributed by atoms with Gasteiger partial charge in [-0.1, -0.05) is 0 Å². The third kappa shape index (κ3) is 2.95. The molecule has 4 nitrogen and oxygen atoms in total. The van der Waals surface area contributed by atoms with Crippen molar-refractivity contribution in [3.63, 3.8) is 0 Å². The van der Waals surface area contributed by atoms with Crippen LogP contribution in [0.2, 0.25) is 0 Å². The lowest BCUT2D eigenvalue weighted by Crippen LogP contribution is -2.06. The van der Waals surface area contributed by atoms with Gasteiger partial charge in [0.15, 0.2) is 0 Å². The minimum atomic E-state index is -0.306. The predicted octanol–water partition coefficient (Wildman–Crippen LogP) is 2.16. The average molecular weight is 223 g/mol. The maximum atomic E-state index is 10.7. The lowest BCUT2D eigenvalue weighted by atomic mass is 10.1. The zero-order valence-corrected chi connectivity index (χ0v) is 10.2. The van der Waals surface area contributed by atoms with Gasteiger partial charge in [0.1, 0.15) is 12.4 Å². The molecule has 16 heavy (non-hydrogen) atoms. The largest absolute Gasteiger partial charge is 0.493 e. The van der Waals surface area contributed by atoms with Gasteiger partial charge in [0.05, 0.1) is 12.3 Å². The van der Waals surface area contributed by atoms with E-state index in [1.54, 1.807) is 6.20 Å². The molecule has 1 rings (SSSR count). The molecule has 0 saturated carbocycles. The van der Waals surface area contributed by atoms with Crippen molar-refractivity contribution < 1.29 is 14.3 Å². The molecule has 0 bridgehead atoms. The molecule has 0 N–H and O–H groups in total. The van der Waals surface area contributed by atoms with Gasteiger partial charge in [-0.15, -0.1) is 0 Å². The summed E-state index contributed by atoms with van der Waals surface area (Å²) < 4.78 is 10.5. The molecule has 4 heteroatoms. The fourth-order valence-electron chi connectivity index (χ4n) is 1.44. The molecule has 0 fully saturated rings. The summed E-state index contributed by atoms with van der Waals surface area (Å²) in [6, 6.07) is 0. The first-order chi connectivity index (χ1) is 7.56. The monoisotopic (exact) mass is 223 g/mol. The van der Waals surface area contributed by atoms with Crippen molar-refractivity contribution in [1.82, 2.24) is 4.98 Å². The number of carbonyl (C=O) groups excluding carboxylic acids is 1. The van der Waals surface area contributed by atoms with Crippen LogP contribution in [-0.2, 0) is 16.1 Å².